The third-order valence-electron chi connectivity index (χ3n) is 2.81. The third kappa shape index (κ3) is 3.05. The predicted octanol–water partition coefficient (Wildman–Crippen LogP) is 2.58. The van der Waals surface area contributed by atoms with E-state index in [1.807, 2.05) is 13.2 Å². The molecule has 0 aliphatic rings. The van der Waals surface area contributed by atoms with Crippen LogP contribution in [-0.4, -0.2) is 27.6 Å². The van der Waals surface area contributed by atoms with E-state index >= 15 is 0 Å². The Bertz CT molecular complexity index is 654. The maximum atomic E-state index is 12.4. The van der Waals surface area contributed by atoms with Crippen molar-refractivity contribution in [3.05, 3.63) is 45.7 Å². The summed E-state index contributed by atoms with van der Waals surface area (Å²) in [5, 5.41) is 4.54. The number of nitrogens with two attached hydrogens (primary N) is 1. The summed E-state index contributed by atoms with van der Waals surface area (Å²) in [6.07, 6.45) is 3.55. The molecule has 2 aromatic rings. The van der Waals surface area contributed by atoms with Crippen LogP contribution in [0.1, 0.15) is 15.9 Å². The van der Waals surface area contributed by atoms with Crippen LogP contribution in [-0.2, 0) is 13.6 Å². The molecule has 0 unspecified atom stereocenters. The molecule has 2 N–H and O–H groups in total. The molecule has 0 saturated carbocycles. The Balaban J connectivity index is 2.22. The van der Waals surface area contributed by atoms with E-state index in [9.17, 15) is 4.79 Å². The van der Waals surface area contributed by atoms with E-state index in [0.717, 1.165) is 5.56 Å². The van der Waals surface area contributed by atoms with Gasteiger partial charge in [0.2, 0.25) is 0 Å². The molecule has 0 radical (unpaired) electrons. The lowest BCUT2D eigenvalue weighted by Gasteiger charge is -2.17. The van der Waals surface area contributed by atoms with Crippen LogP contribution in [0, 0.1) is 0 Å². The number of rotatable bonds is 3. The van der Waals surface area contributed by atoms with E-state index in [4.69, 9.17) is 28.9 Å². The number of nitrogen functional groups attached to an aromatic ring is 1. The number of carbonyl (C=O) groups excluding carboxylic acids is 1. The topological polar surface area (TPSA) is 64.2 Å². The second kappa shape index (κ2) is 5.73. The summed E-state index contributed by atoms with van der Waals surface area (Å²) in [4.78, 5) is 13.9. The second-order valence-electron chi connectivity index (χ2n) is 4.55. The predicted molar refractivity (Wildman–Crippen MR) is 79.9 cm³/mol. The molecule has 0 saturated heterocycles. The van der Waals surface area contributed by atoms with Gasteiger partial charge < -0.3 is 10.6 Å². The lowest BCUT2D eigenvalue weighted by atomic mass is 10.1. The number of benzene rings is 1. The Kier molecular flexibility index (Phi) is 4.20. The molecule has 7 heteroatoms. The summed E-state index contributed by atoms with van der Waals surface area (Å²) in [6.45, 7) is 0.426. The Morgan fingerprint density at radius 1 is 1.45 bits per heavy atom. The number of anilines is 1. The molecule has 1 amide bonds. The van der Waals surface area contributed by atoms with Crippen LogP contribution < -0.4 is 5.73 Å². The van der Waals surface area contributed by atoms with Gasteiger partial charge in [0.15, 0.2) is 0 Å². The Morgan fingerprint density at radius 3 is 2.75 bits per heavy atom. The number of nitrogens with zero attached hydrogens (tertiary/aromatic N) is 3. The van der Waals surface area contributed by atoms with Crippen molar-refractivity contribution in [2.24, 2.45) is 7.05 Å². The van der Waals surface area contributed by atoms with Gasteiger partial charge in [-0.05, 0) is 12.1 Å². The average molecular weight is 313 g/mol. The van der Waals surface area contributed by atoms with Gasteiger partial charge in [-0.3, -0.25) is 9.48 Å². The monoisotopic (exact) mass is 312 g/mol. The van der Waals surface area contributed by atoms with Crippen molar-refractivity contribution in [1.82, 2.24) is 14.7 Å². The molecule has 0 bridgehead atoms. The first kappa shape index (κ1) is 14.7. The van der Waals surface area contributed by atoms with Gasteiger partial charge in [0.1, 0.15) is 0 Å². The fourth-order valence-electron chi connectivity index (χ4n) is 1.87. The zero-order chi connectivity index (χ0) is 14.9. The number of aryl methyl sites for hydroxylation is 1. The van der Waals surface area contributed by atoms with Gasteiger partial charge in [-0.1, -0.05) is 23.2 Å². The Labute approximate surface area is 126 Å². The largest absolute Gasteiger partial charge is 0.399 e. The highest BCUT2D eigenvalue weighted by Gasteiger charge is 2.18. The van der Waals surface area contributed by atoms with Gasteiger partial charge in [-0.2, -0.15) is 5.10 Å². The van der Waals surface area contributed by atoms with Crippen molar-refractivity contribution in [3.63, 3.8) is 0 Å². The lowest BCUT2D eigenvalue weighted by Crippen LogP contribution is -2.26. The van der Waals surface area contributed by atoms with Gasteiger partial charge in [0.25, 0.3) is 5.91 Å². The van der Waals surface area contributed by atoms with Crippen LogP contribution >= 0.6 is 23.2 Å². The molecular formula is C13H14Cl2N4O. The van der Waals surface area contributed by atoms with Crippen molar-refractivity contribution in [2.45, 2.75) is 6.54 Å². The average Bonchev–Trinajstić information content (AvgIpc) is 2.78. The van der Waals surface area contributed by atoms with E-state index in [1.54, 1.807) is 17.9 Å². The quantitative estimate of drug-likeness (QED) is 0.886. The molecule has 106 valence electrons. The van der Waals surface area contributed by atoms with Gasteiger partial charge in [-0.15, -0.1) is 0 Å². The van der Waals surface area contributed by atoms with Gasteiger partial charge in [-0.25, -0.2) is 0 Å². The highest BCUT2D eigenvalue weighted by molar-refractivity contribution is 6.44. The molecule has 1 aromatic carbocycles. The zero-order valence-electron chi connectivity index (χ0n) is 11.1. The zero-order valence-corrected chi connectivity index (χ0v) is 12.6. The van der Waals surface area contributed by atoms with Crippen LogP contribution in [0.4, 0.5) is 5.69 Å². The first-order chi connectivity index (χ1) is 9.38. The molecule has 5 nitrogen and oxygen atoms in total. The lowest BCUT2D eigenvalue weighted by molar-refractivity contribution is 0.0785. The van der Waals surface area contributed by atoms with Crippen LogP contribution in [0.2, 0.25) is 10.0 Å². The number of amides is 1. The normalized spacial score (nSPS) is 10.6. The molecule has 0 aliphatic heterocycles. The molecular weight excluding hydrogens is 299 g/mol. The fraction of sp³-hybridized carbons (Fsp3) is 0.231. The summed E-state index contributed by atoms with van der Waals surface area (Å²) in [5.74, 6) is -0.243. The van der Waals surface area contributed by atoms with E-state index in [1.165, 1.54) is 17.0 Å². The van der Waals surface area contributed by atoms with Crippen LogP contribution in [0.25, 0.3) is 0 Å². The summed E-state index contributed by atoms with van der Waals surface area (Å²) in [6, 6.07) is 3.04. The highest BCUT2D eigenvalue weighted by atomic mass is 35.5. The summed E-state index contributed by atoms with van der Waals surface area (Å²) >= 11 is 12.0. The fourth-order valence-corrected chi connectivity index (χ4v) is 2.29. The molecule has 0 fully saturated rings. The van der Waals surface area contributed by atoms with Crippen LogP contribution in [0.5, 0.6) is 0 Å². The molecule has 0 atom stereocenters. The van der Waals surface area contributed by atoms with Crippen LogP contribution in [0.15, 0.2) is 24.5 Å². The van der Waals surface area contributed by atoms with E-state index in [2.05, 4.69) is 5.10 Å². The molecule has 1 aromatic heterocycles. The van der Waals surface area contributed by atoms with E-state index < -0.39 is 0 Å². The van der Waals surface area contributed by atoms with E-state index in [0.29, 0.717) is 17.8 Å². The SMILES string of the molecule is CN(Cc1cnn(C)c1)C(=O)c1cc(N)cc(Cl)c1Cl. The summed E-state index contributed by atoms with van der Waals surface area (Å²) < 4.78 is 1.68. The van der Waals surface area contributed by atoms with Crippen LogP contribution in [0.3, 0.4) is 0 Å². The summed E-state index contributed by atoms with van der Waals surface area (Å²) in [5.41, 5.74) is 7.32. The first-order valence-electron chi connectivity index (χ1n) is 5.86. The van der Waals surface area contributed by atoms with Crippen molar-refractivity contribution >= 4 is 34.8 Å². The van der Waals surface area contributed by atoms with Crippen molar-refractivity contribution in [3.8, 4) is 0 Å². The van der Waals surface area contributed by atoms with Crippen molar-refractivity contribution in [2.75, 3.05) is 12.8 Å². The molecule has 1 heterocycles. The van der Waals surface area contributed by atoms with Crippen molar-refractivity contribution in [1.29, 1.82) is 0 Å². The first-order valence-corrected chi connectivity index (χ1v) is 6.61. The molecule has 0 aliphatic carbocycles. The van der Waals surface area contributed by atoms with E-state index in [-0.39, 0.29) is 16.0 Å². The standard InChI is InChI=1S/C13H14Cl2N4O/c1-18(6-8-5-17-19(2)7-8)13(20)10-3-9(16)4-11(14)12(10)15/h3-5,7H,6,16H2,1-2H3. The minimum atomic E-state index is -0.243. The number of hydrogen-bond acceptors (Lipinski definition) is 3. The van der Waals surface area contributed by atoms with Crippen molar-refractivity contribution < 1.29 is 4.79 Å². The highest BCUT2D eigenvalue weighted by Crippen LogP contribution is 2.29. The number of halogens is 2. The number of hydrogen-bond donors (Lipinski definition) is 1. The maximum absolute atomic E-state index is 12.4. The number of aromatic nitrogens is 2. The molecule has 0 spiro atoms. The summed E-state index contributed by atoms with van der Waals surface area (Å²) in [7, 11) is 3.50. The minimum absolute atomic E-state index is 0.212. The smallest absolute Gasteiger partial charge is 0.255 e. The van der Waals surface area contributed by atoms with Gasteiger partial charge in [0.05, 0.1) is 21.8 Å². The Hall–Kier alpha value is -1.72. The number of carbonyl (C=O) groups is 1. The molecule has 20 heavy (non-hydrogen) atoms. The maximum Gasteiger partial charge on any atom is 0.255 e. The van der Waals surface area contributed by atoms with Gasteiger partial charge >= 0.3 is 0 Å². The Morgan fingerprint density at radius 2 is 2.15 bits per heavy atom. The third-order valence-corrected chi connectivity index (χ3v) is 3.61. The van der Waals surface area contributed by atoms with Gasteiger partial charge in [0, 0.05) is 38.1 Å². The molecule has 2 rings (SSSR count). The minimum Gasteiger partial charge on any atom is -0.399 e. The second-order valence-corrected chi connectivity index (χ2v) is 5.33.